The monoisotopic (exact) mass is 205 g/mol. The van der Waals surface area contributed by atoms with Crippen molar-refractivity contribution in [1.29, 1.82) is 0 Å². The number of nitrogens with one attached hydrogen (secondary N) is 1. The molecule has 1 aliphatic heterocycles. The summed E-state index contributed by atoms with van der Waals surface area (Å²) in [6.07, 6.45) is 3.72. The molecular weight excluding hydrogens is 186 g/mol. The minimum atomic E-state index is 0.376. The molecule has 2 heteroatoms. The van der Waals surface area contributed by atoms with Crippen molar-refractivity contribution in [3.05, 3.63) is 29.3 Å². The quantitative estimate of drug-likeness (QED) is 0.776. The van der Waals surface area contributed by atoms with Crippen LogP contribution in [0.5, 0.6) is 5.75 Å². The molecule has 2 nitrogen and oxygen atoms in total. The molecule has 82 valence electrons. The zero-order valence-corrected chi connectivity index (χ0v) is 9.29. The van der Waals surface area contributed by atoms with Crippen LogP contribution in [0.2, 0.25) is 0 Å². The maximum atomic E-state index is 9.33. The molecule has 0 radical (unpaired) electrons. The zero-order chi connectivity index (χ0) is 10.7. The van der Waals surface area contributed by atoms with Crippen LogP contribution >= 0.6 is 0 Å². The van der Waals surface area contributed by atoms with Crippen molar-refractivity contribution in [3.63, 3.8) is 0 Å². The predicted molar refractivity (Wildman–Crippen MR) is 62.1 cm³/mol. The Morgan fingerprint density at radius 3 is 2.73 bits per heavy atom. The molecule has 0 spiro atoms. The molecule has 1 aliphatic rings. The predicted octanol–water partition coefficient (Wildman–Crippen LogP) is 2.24. The molecule has 1 aromatic carbocycles. The van der Waals surface area contributed by atoms with Gasteiger partial charge < -0.3 is 10.4 Å². The highest BCUT2D eigenvalue weighted by molar-refractivity contribution is 5.34. The Kier molecular flexibility index (Phi) is 3.27. The van der Waals surface area contributed by atoms with Crippen molar-refractivity contribution < 1.29 is 5.11 Å². The molecule has 0 unspecified atom stereocenters. The number of benzene rings is 1. The molecule has 1 saturated heterocycles. The van der Waals surface area contributed by atoms with Crippen LogP contribution in [0.4, 0.5) is 0 Å². The van der Waals surface area contributed by atoms with E-state index < -0.39 is 0 Å². The first-order valence-electron chi connectivity index (χ1n) is 5.75. The summed E-state index contributed by atoms with van der Waals surface area (Å²) in [5.74, 6) is 1.19. The Morgan fingerprint density at radius 1 is 1.33 bits per heavy atom. The van der Waals surface area contributed by atoms with E-state index in [0.29, 0.717) is 5.75 Å². The van der Waals surface area contributed by atoms with Crippen molar-refractivity contribution >= 4 is 0 Å². The lowest BCUT2D eigenvalue weighted by Crippen LogP contribution is -2.28. The summed E-state index contributed by atoms with van der Waals surface area (Å²) in [5.41, 5.74) is 2.60. The second kappa shape index (κ2) is 4.67. The van der Waals surface area contributed by atoms with Gasteiger partial charge in [0.05, 0.1) is 0 Å². The molecular formula is C13H19NO. The van der Waals surface area contributed by atoms with Crippen molar-refractivity contribution in [2.24, 2.45) is 5.92 Å². The molecule has 0 aromatic heterocycles. The fourth-order valence-corrected chi connectivity index (χ4v) is 2.31. The number of rotatable bonds is 2. The van der Waals surface area contributed by atoms with Gasteiger partial charge in [0, 0.05) is 0 Å². The normalized spacial score (nSPS) is 17.9. The largest absolute Gasteiger partial charge is 0.508 e. The topological polar surface area (TPSA) is 32.3 Å². The lowest BCUT2D eigenvalue weighted by molar-refractivity contribution is 0.372. The van der Waals surface area contributed by atoms with Crippen LogP contribution in [-0.4, -0.2) is 18.2 Å². The Morgan fingerprint density at radius 2 is 2.07 bits per heavy atom. The molecule has 0 saturated carbocycles. The third-order valence-corrected chi connectivity index (χ3v) is 3.29. The van der Waals surface area contributed by atoms with Gasteiger partial charge in [0.15, 0.2) is 0 Å². The smallest absolute Gasteiger partial charge is 0.115 e. The lowest BCUT2D eigenvalue weighted by Gasteiger charge is -2.23. The Hall–Kier alpha value is -1.02. The number of aryl methyl sites for hydroxylation is 1. The Bertz CT molecular complexity index is 329. The van der Waals surface area contributed by atoms with Crippen LogP contribution in [0.1, 0.15) is 24.0 Å². The maximum absolute atomic E-state index is 9.33. The van der Waals surface area contributed by atoms with E-state index in [1.54, 1.807) is 6.07 Å². The van der Waals surface area contributed by atoms with Gasteiger partial charge in [-0.05, 0) is 68.5 Å². The highest BCUT2D eigenvalue weighted by Gasteiger charge is 2.14. The summed E-state index contributed by atoms with van der Waals surface area (Å²) in [6, 6.07) is 5.71. The molecule has 0 aliphatic carbocycles. The van der Waals surface area contributed by atoms with Gasteiger partial charge >= 0.3 is 0 Å². The van der Waals surface area contributed by atoms with E-state index in [9.17, 15) is 5.11 Å². The van der Waals surface area contributed by atoms with Crippen LogP contribution in [0, 0.1) is 12.8 Å². The fourth-order valence-electron chi connectivity index (χ4n) is 2.31. The average Bonchev–Trinajstić information content (AvgIpc) is 2.24. The van der Waals surface area contributed by atoms with E-state index in [0.717, 1.165) is 25.4 Å². The standard InChI is InChI=1S/C13H19NO/c1-10-8-13(15)3-2-12(10)9-11-4-6-14-7-5-11/h2-3,8,11,14-15H,4-7,9H2,1H3. The van der Waals surface area contributed by atoms with E-state index in [2.05, 4.69) is 18.3 Å². The molecule has 15 heavy (non-hydrogen) atoms. The average molecular weight is 205 g/mol. The van der Waals surface area contributed by atoms with Gasteiger partial charge in [-0.15, -0.1) is 0 Å². The van der Waals surface area contributed by atoms with Crippen molar-refractivity contribution in [3.8, 4) is 5.75 Å². The first-order chi connectivity index (χ1) is 7.25. The second-order valence-corrected chi connectivity index (χ2v) is 4.51. The van der Waals surface area contributed by atoms with Gasteiger partial charge in [0.1, 0.15) is 5.75 Å². The number of piperidine rings is 1. The number of phenolic OH excluding ortho intramolecular Hbond substituents is 1. The van der Waals surface area contributed by atoms with Crippen LogP contribution in [0.3, 0.4) is 0 Å². The minimum absolute atomic E-state index is 0.376. The van der Waals surface area contributed by atoms with Gasteiger partial charge in [-0.25, -0.2) is 0 Å². The van der Waals surface area contributed by atoms with Gasteiger partial charge in [-0.2, -0.15) is 0 Å². The van der Waals surface area contributed by atoms with Crippen LogP contribution in [0.25, 0.3) is 0 Å². The van der Waals surface area contributed by atoms with E-state index in [1.807, 2.05) is 6.07 Å². The molecule has 0 amide bonds. The number of hydrogen-bond donors (Lipinski definition) is 2. The van der Waals surface area contributed by atoms with Crippen LogP contribution in [-0.2, 0) is 6.42 Å². The number of phenols is 1. The SMILES string of the molecule is Cc1cc(O)ccc1CC1CCNCC1. The summed E-state index contributed by atoms with van der Waals surface area (Å²) in [7, 11) is 0. The van der Waals surface area contributed by atoms with Crippen molar-refractivity contribution in [2.75, 3.05) is 13.1 Å². The Balaban J connectivity index is 2.03. The van der Waals surface area contributed by atoms with E-state index >= 15 is 0 Å². The van der Waals surface area contributed by atoms with E-state index in [-0.39, 0.29) is 0 Å². The molecule has 0 bridgehead atoms. The molecule has 2 N–H and O–H groups in total. The minimum Gasteiger partial charge on any atom is -0.508 e. The highest BCUT2D eigenvalue weighted by atomic mass is 16.3. The Labute approximate surface area is 91.3 Å². The maximum Gasteiger partial charge on any atom is 0.115 e. The second-order valence-electron chi connectivity index (χ2n) is 4.51. The molecule has 1 aromatic rings. The number of hydrogen-bond acceptors (Lipinski definition) is 2. The lowest BCUT2D eigenvalue weighted by atomic mass is 9.89. The van der Waals surface area contributed by atoms with E-state index in [1.165, 1.54) is 24.0 Å². The van der Waals surface area contributed by atoms with E-state index in [4.69, 9.17) is 0 Å². The first-order valence-corrected chi connectivity index (χ1v) is 5.75. The summed E-state index contributed by atoms with van der Waals surface area (Å²) >= 11 is 0. The van der Waals surface area contributed by atoms with Gasteiger partial charge in [-0.1, -0.05) is 6.07 Å². The van der Waals surface area contributed by atoms with Crippen LogP contribution in [0.15, 0.2) is 18.2 Å². The zero-order valence-electron chi connectivity index (χ0n) is 9.29. The first kappa shape index (κ1) is 10.5. The number of aromatic hydroxyl groups is 1. The molecule has 2 rings (SSSR count). The third kappa shape index (κ3) is 2.72. The third-order valence-electron chi connectivity index (χ3n) is 3.29. The van der Waals surface area contributed by atoms with Crippen molar-refractivity contribution in [1.82, 2.24) is 5.32 Å². The molecule has 1 fully saturated rings. The van der Waals surface area contributed by atoms with Crippen molar-refractivity contribution in [2.45, 2.75) is 26.2 Å². The molecule has 1 heterocycles. The van der Waals surface area contributed by atoms with Gasteiger partial charge in [0.2, 0.25) is 0 Å². The summed E-state index contributed by atoms with van der Waals surface area (Å²) < 4.78 is 0. The van der Waals surface area contributed by atoms with Crippen LogP contribution < -0.4 is 5.32 Å². The molecule has 0 atom stereocenters. The van der Waals surface area contributed by atoms with Gasteiger partial charge in [-0.3, -0.25) is 0 Å². The summed E-state index contributed by atoms with van der Waals surface area (Å²) in [6.45, 7) is 4.39. The highest BCUT2D eigenvalue weighted by Crippen LogP contribution is 2.22. The van der Waals surface area contributed by atoms with Gasteiger partial charge in [0.25, 0.3) is 0 Å². The summed E-state index contributed by atoms with van der Waals surface area (Å²) in [4.78, 5) is 0. The summed E-state index contributed by atoms with van der Waals surface area (Å²) in [5, 5.41) is 12.7. The fraction of sp³-hybridized carbons (Fsp3) is 0.538.